The Labute approximate surface area is 83.3 Å². The number of rotatable bonds is 7. The van der Waals surface area contributed by atoms with Gasteiger partial charge in [0.15, 0.2) is 0 Å². The average Bonchev–Trinajstić information content (AvgIpc) is 2.94. The smallest absolute Gasteiger partial charge is 0.107 e. The summed E-state index contributed by atoms with van der Waals surface area (Å²) in [6.07, 6.45) is 5.20. The molecular weight excluding hydrogens is 192 g/mol. The van der Waals surface area contributed by atoms with Crippen LogP contribution >= 0.6 is 11.6 Å². The number of ether oxygens (including phenoxy) is 3. The maximum atomic E-state index is 5.65. The molecule has 0 aliphatic carbocycles. The van der Waals surface area contributed by atoms with E-state index in [2.05, 4.69) is 5.92 Å². The van der Waals surface area contributed by atoms with Crippen LogP contribution in [0.3, 0.4) is 0 Å². The van der Waals surface area contributed by atoms with Gasteiger partial charge >= 0.3 is 0 Å². The van der Waals surface area contributed by atoms with Crippen molar-refractivity contribution < 1.29 is 14.2 Å². The third kappa shape index (κ3) is 5.12. The van der Waals surface area contributed by atoms with Gasteiger partial charge < -0.3 is 14.2 Å². The lowest BCUT2D eigenvalue weighted by molar-refractivity contribution is -0.00201. The summed E-state index contributed by atoms with van der Waals surface area (Å²) in [7, 11) is 0. The Kier molecular flexibility index (Phi) is 5.18. The summed E-state index contributed by atoms with van der Waals surface area (Å²) in [6, 6.07) is 0. The first-order valence-electron chi connectivity index (χ1n) is 4.17. The van der Waals surface area contributed by atoms with Crippen LogP contribution < -0.4 is 0 Å². The van der Waals surface area contributed by atoms with Crippen molar-refractivity contribution in [3.8, 4) is 12.3 Å². The summed E-state index contributed by atoms with van der Waals surface area (Å²) in [4.78, 5) is 0. The Morgan fingerprint density at radius 1 is 1.69 bits per heavy atom. The quantitative estimate of drug-likeness (QED) is 0.264. The molecule has 0 radical (unpaired) electrons. The molecule has 0 aromatic rings. The van der Waals surface area contributed by atoms with E-state index in [4.69, 9.17) is 32.2 Å². The Morgan fingerprint density at radius 2 is 2.46 bits per heavy atom. The van der Waals surface area contributed by atoms with Crippen molar-refractivity contribution >= 4 is 11.6 Å². The van der Waals surface area contributed by atoms with Gasteiger partial charge in [0.1, 0.15) is 12.7 Å². The molecule has 2 unspecified atom stereocenters. The predicted molar refractivity (Wildman–Crippen MR) is 49.9 cm³/mol. The first-order valence-corrected chi connectivity index (χ1v) is 4.70. The molecule has 1 heterocycles. The molecule has 74 valence electrons. The van der Waals surface area contributed by atoms with Gasteiger partial charge in [-0.05, 0) is 0 Å². The van der Waals surface area contributed by atoms with E-state index in [1.165, 1.54) is 0 Å². The average molecular weight is 205 g/mol. The Bertz CT molecular complexity index is 174. The summed E-state index contributed by atoms with van der Waals surface area (Å²) >= 11 is 5.65. The Hall–Kier alpha value is -0.270. The number of alkyl halides is 1. The van der Waals surface area contributed by atoms with Crippen LogP contribution in [-0.4, -0.2) is 44.5 Å². The fourth-order valence-corrected chi connectivity index (χ4v) is 0.972. The minimum atomic E-state index is -0.0841. The van der Waals surface area contributed by atoms with Crippen molar-refractivity contribution in [2.75, 3.05) is 32.3 Å². The maximum absolute atomic E-state index is 5.65. The van der Waals surface area contributed by atoms with E-state index in [-0.39, 0.29) is 12.2 Å². The zero-order valence-corrected chi connectivity index (χ0v) is 8.13. The molecule has 4 heteroatoms. The fourth-order valence-electron chi connectivity index (χ4n) is 0.794. The van der Waals surface area contributed by atoms with Gasteiger partial charge in [-0.2, -0.15) is 0 Å². The molecule has 0 N–H and O–H groups in total. The van der Waals surface area contributed by atoms with Crippen LogP contribution in [-0.2, 0) is 14.2 Å². The molecule has 0 saturated carbocycles. The van der Waals surface area contributed by atoms with Crippen LogP contribution in [0.15, 0.2) is 0 Å². The van der Waals surface area contributed by atoms with E-state index in [9.17, 15) is 0 Å². The number of terminal acetylenes is 1. The third-order valence-electron chi connectivity index (χ3n) is 1.58. The fraction of sp³-hybridized carbons (Fsp3) is 0.778. The number of epoxide rings is 1. The number of hydrogen-bond donors (Lipinski definition) is 0. The van der Waals surface area contributed by atoms with E-state index < -0.39 is 0 Å². The van der Waals surface area contributed by atoms with Gasteiger partial charge in [-0.25, -0.2) is 0 Å². The minimum absolute atomic E-state index is 0.0841. The molecule has 0 spiro atoms. The van der Waals surface area contributed by atoms with Gasteiger partial charge in [-0.3, -0.25) is 0 Å². The number of hydrogen-bond acceptors (Lipinski definition) is 3. The summed E-state index contributed by atoms with van der Waals surface area (Å²) in [5.74, 6) is 2.79. The van der Waals surface area contributed by atoms with E-state index in [0.29, 0.717) is 25.7 Å². The van der Waals surface area contributed by atoms with Crippen molar-refractivity contribution in [3.05, 3.63) is 0 Å². The lowest BCUT2D eigenvalue weighted by Gasteiger charge is -2.13. The molecule has 1 aliphatic rings. The summed E-state index contributed by atoms with van der Waals surface area (Å²) in [5.41, 5.74) is 0. The zero-order chi connectivity index (χ0) is 9.52. The Balaban J connectivity index is 1.99. The molecular formula is C9H13ClO3. The summed E-state index contributed by atoms with van der Waals surface area (Å²) in [5, 5.41) is 0. The standard InChI is InChI=1S/C9H13ClO3/c1-2-3-11-5-8(4-10)12-6-9-7-13-9/h1,8-9H,3-7H2. The van der Waals surface area contributed by atoms with Crippen LogP contribution in [0.25, 0.3) is 0 Å². The van der Waals surface area contributed by atoms with Crippen LogP contribution in [0.1, 0.15) is 0 Å². The highest BCUT2D eigenvalue weighted by molar-refractivity contribution is 6.18. The van der Waals surface area contributed by atoms with E-state index in [0.717, 1.165) is 6.61 Å². The SMILES string of the molecule is C#CCOCC(CCl)OCC1CO1. The highest BCUT2D eigenvalue weighted by atomic mass is 35.5. The molecule has 1 fully saturated rings. The molecule has 0 aromatic heterocycles. The van der Waals surface area contributed by atoms with Crippen LogP contribution in [0.5, 0.6) is 0 Å². The molecule has 1 saturated heterocycles. The first kappa shape index (κ1) is 10.8. The second-order valence-corrected chi connectivity index (χ2v) is 3.09. The van der Waals surface area contributed by atoms with E-state index in [1.54, 1.807) is 0 Å². The van der Waals surface area contributed by atoms with Crippen LogP contribution in [0.4, 0.5) is 0 Å². The van der Waals surface area contributed by atoms with Gasteiger partial charge in [0.2, 0.25) is 0 Å². The Morgan fingerprint density at radius 3 is 3.00 bits per heavy atom. The van der Waals surface area contributed by atoms with Crippen molar-refractivity contribution in [2.45, 2.75) is 12.2 Å². The van der Waals surface area contributed by atoms with Crippen molar-refractivity contribution in [3.63, 3.8) is 0 Å². The second-order valence-electron chi connectivity index (χ2n) is 2.78. The van der Waals surface area contributed by atoms with E-state index in [1.807, 2.05) is 0 Å². The molecule has 2 atom stereocenters. The third-order valence-corrected chi connectivity index (χ3v) is 1.93. The molecule has 0 bridgehead atoms. The van der Waals surface area contributed by atoms with Crippen LogP contribution in [0, 0.1) is 12.3 Å². The largest absolute Gasteiger partial charge is 0.372 e. The summed E-state index contributed by atoms with van der Waals surface area (Å²) < 4.78 is 15.5. The molecule has 0 aromatic carbocycles. The summed E-state index contributed by atoms with van der Waals surface area (Å²) in [6.45, 7) is 2.13. The van der Waals surface area contributed by atoms with Crippen molar-refractivity contribution in [1.29, 1.82) is 0 Å². The molecule has 1 rings (SSSR count). The van der Waals surface area contributed by atoms with Gasteiger partial charge in [0, 0.05) is 0 Å². The molecule has 3 nitrogen and oxygen atoms in total. The normalized spacial score (nSPS) is 22.3. The highest BCUT2D eigenvalue weighted by Crippen LogP contribution is 2.10. The van der Waals surface area contributed by atoms with Gasteiger partial charge in [0.25, 0.3) is 0 Å². The van der Waals surface area contributed by atoms with Gasteiger partial charge in [-0.15, -0.1) is 18.0 Å². The second kappa shape index (κ2) is 6.22. The highest BCUT2D eigenvalue weighted by Gasteiger charge is 2.24. The zero-order valence-electron chi connectivity index (χ0n) is 7.37. The molecule has 13 heavy (non-hydrogen) atoms. The lowest BCUT2D eigenvalue weighted by atomic mass is 10.4. The minimum Gasteiger partial charge on any atom is -0.372 e. The van der Waals surface area contributed by atoms with Crippen LogP contribution in [0.2, 0.25) is 0 Å². The number of halogens is 1. The predicted octanol–water partition coefficient (Wildman–Crippen LogP) is 0.659. The van der Waals surface area contributed by atoms with Crippen molar-refractivity contribution in [1.82, 2.24) is 0 Å². The monoisotopic (exact) mass is 204 g/mol. The maximum Gasteiger partial charge on any atom is 0.107 e. The topological polar surface area (TPSA) is 31.0 Å². The van der Waals surface area contributed by atoms with E-state index >= 15 is 0 Å². The molecule has 0 amide bonds. The van der Waals surface area contributed by atoms with Crippen molar-refractivity contribution in [2.24, 2.45) is 0 Å². The van der Waals surface area contributed by atoms with Gasteiger partial charge in [-0.1, -0.05) is 5.92 Å². The first-order chi connectivity index (χ1) is 6.36. The van der Waals surface area contributed by atoms with Gasteiger partial charge in [0.05, 0.1) is 31.8 Å². The lowest BCUT2D eigenvalue weighted by Crippen LogP contribution is -2.23. The molecule has 1 aliphatic heterocycles.